The van der Waals surface area contributed by atoms with Crippen molar-refractivity contribution in [3.05, 3.63) is 117 Å². The van der Waals surface area contributed by atoms with Crippen LogP contribution in [0.15, 0.2) is 89.6 Å². The smallest absolute Gasteiger partial charge is 0.277 e. The second-order valence-corrected chi connectivity index (χ2v) is 19.0. The van der Waals surface area contributed by atoms with Gasteiger partial charge in [-0.1, -0.05) is 56.5 Å². The van der Waals surface area contributed by atoms with E-state index in [1.165, 1.54) is 29.0 Å². The number of nitrogens with one attached hydrogen (secondary N) is 2. The van der Waals surface area contributed by atoms with Gasteiger partial charge >= 0.3 is 0 Å². The van der Waals surface area contributed by atoms with Gasteiger partial charge in [-0.2, -0.15) is 0 Å². The molecule has 1 saturated heterocycles. The highest BCUT2D eigenvalue weighted by atomic mass is 35.5. The Morgan fingerprint density at radius 1 is 1.08 bits per heavy atom. The van der Waals surface area contributed by atoms with E-state index in [1.807, 2.05) is 25.1 Å². The Morgan fingerprint density at radius 2 is 1.87 bits per heavy atom. The zero-order valence-corrected chi connectivity index (χ0v) is 35.6. The molecule has 8 rings (SSSR count). The topological polar surface area (TPSA) is 160 Å². The normalized spacial score (nSPS) is 18.2. The van der Waals surface area contributed by atoms with Gasteiger partial charge in [-0.25, -0.2) is 18.1 Å². The Morgan fingerprint density at radius 3 is 2.62 bits per heavy atom. The second kappa shape index (κ2) is 16.9. The molecule has 1 atom stereocenters. The molecule has 0 saturated carbocycles. The minimum atomic E-state index is -4.59. The lowest BCUT2D eigenvalue weighted by atomic mass is 9.72. The van der Waals surface area contributed by atoms with Gasteiger partial charge in [-0.15, -0.1) is 0 Å². The number of piperazine rings is 1. The third-order valence-corrected chi connectivity index (χ3v) is 13.5. The fourth-order valence-electron chi connectivity index (χ4n) is 8.62. The molecule has 0 radical (unpaired) electrons. The maximum absolute atomic E-state index is 14.0. The van der Waals surface area contributed by atoms with Crippen LogP contribution in [0.3, 0.4) is 0 Å². The Labute approximate surface area is 354 Å². The van der Waals surface area contributed by atoms with Crippen LogP contribution < -0.4 is 19.1 Å². The summed E-state index contributed by atoms with van der Waals surface area (Å²) in [6.07, 6.45) is 8.60. The van der Waals surface area contributed by atoms with E-state index in [-0.39, 0.29) is 34.1 Å². The number of rotatable bonds is 12. The standard InChI is InChI=1S/C45H49ClN6O7S/c1-4-5-29-20-38-40(52(54)55)23-36(24-41(38)58-28-29)60(56,57)49-44(53)37-11-10-34(22-42(37)59-35-21-31-13-15-47-43(31)48-26-35)51-18-16-50(17-19-51)27-32-12-14-45(2,3)25-39(32)30-6-8-33(46)9-7-30/h6-11,13,15,21-24,26,29H,4-5,12,14,16-20,25,27-28H2,1-3H3,(H,47,48)(H,49,53)/t29-/m0/s1. The number of nitro benzene ring substituents is 1. The zero-order valence-electron chi connectivity index (χ0n) is 34.0. The molecular weight excluding hydrogens is 804 g/mol. The van der Waals surface area contributed by atoms with Crippen LogP contribution >= 0.6 is 11.6 Å². The van der Waals surface area contributed by atoms with E-state index in [2.05, 4.69) is 50.5 Å². The van der Waals surface area contributed by atoms with E-state index in [4.69, 9.17) is 21.1 Å². The summed E-state index contributed by atoms with van der Waals surface area (Å²) in [5.41, 5.74) is 5.77. The van der Waals surface area contributed by atoms with Crippen LogP contribution in [0.4, 0.5) is 11.4 Å². The molecule has 60 heavy (non-hydrogen) atoms. The van der Waals surface area contributed by atoms with Crippen LogP contribution in [-0.4, -0.2) is 73.4 Å². The number of aromatic amines is 1. The number of aromatic nitrogens is 2. The number of amides is 1. The molecule has 3 aromatic carbocycles. The minimum absolute atomic E-state index is 0.0388. The van der Waals surface area contributed by atoms with Crippen LogP contribution in [0.25, 0.3) is 16.6 Å². The molecule has 0 spiro atoms. The average molecular weight is 853 g/mol. The molecule has 314 valence electrons. The Bertz CT molecular complexity index is 2580. The largest absolute Gasteiger partial charge is 0.493 e. The van der Waals surface area contributed by atoms with Gasteiger partial charge in [0.2, 0.25) is 0 Å². The summed E-state index contributed by atoms with van der Waals surface area (Å²) >= 11 is 6.24. The number of H-pyrrole nitrogens is 1. The van der Waals surface area contributed by atoms with E-state index in [9.17, 15) is 23.3 Å². The molecule has 1 amide bonds. The van der Waals surface area contributed by atoms with Crippen molar-refractivity contribution in [3.8, 4) is 17.2 Å². The highest BCUT2D eigenvalue weighted by Crippen LogP contribution is 2.44. The van der Waals surface area contributed by atoms with Crippen molar-refractivity contribution in [1.82, 2.24) is 19.6 Å². The quantitative estimate of drug-likeness (QED) is 0.0915. The van der Waals surface area contributed by atoms with E-state index in [1.54, 1.807) is 30.5 Å². The van der Waals surface area contributed by atoms with Crippen molar-refractivity contribution in [2.45, 2.75) is 64.2 Å². The number of fused-ring (bicyclic) bond motifs is 2. The fourth-order valence-corrected chi connectivity index (χ4v) is 9.75. The zero-order chi connectivity index (χ0) is 42.2. The maximum atomic E-state index is 14.0. The first-order chi connectivity index (χ1) is 28.7. The molecule has 3 aliphatic rings. The van der Waals surface area contributed by atoms with Gasteiger partial charge < -0.3 is 19.4 Å². The lowest BCUT2D eigenvalue weighted by molar-refractivity contribution is -0.386. The summed E-state index contributed by atoms with van der Waals surface area (Å²) in [4.78, 5) is 37.2. The van der Waals surface area contributed by atoms with Gasteiger partial charge in [0.15, 0.2) is 0 Å². The van der Waals surface area contributed by atoms with Gasteiger partial charge in [-0.3, -0.25) is 19.8 Å². The average Bonchev–Trinajstić information content (AvgIpc) is 3.70. The number of ether oxygens (including phenoxy) is 2. The number of nitrogens with zero attached hydrogens (tertiary/aromatic N) is 4. The number of anilines is 1. The Balaban J connectivity index is 1.03. The number of allylic oxidation sites excluding steroid dienone is 1. The van der Waals surface area contributed by atoms with Crippen molar-refractivity contribution in [2.24, 2.45) is 11.3 Å². The summed E-state index contributed by atoms with van der Waals surface area (Å²) in [7, 11) is -4.59. The summed E-state index contributed by atoms with van der Waals surface area (Å²) in [6, 6.07) is 19.1. The van der Waals surface area contributed by atoms with E-state index in [0.717, 1.165) is 87.0 Å². The second-order valence-electron chi connectivity index (χ2n) is 16.8. The first-order valence-electron chi connectivity index (χ1n) is 20.5. The number of halogens is 1. The number of benzene rings is 3. The third-order valence-electron chi connectivity index (χ3n) is 11.9. The van der Waals surface area contributed by atoms with Crippen molar-refractivity contribution in [2.75, 3.05) is 44.2 Å². The number of carbonyl (C=O) groups excluding carboxylic acids is 1. The van der Waals surface area contributed by atoms with Crippen molar-refractivity contribution in [3.63, 3.8) is 0 Å². The first-order valence-corrected chi connectivity index (χ1v) is 22.3. The van der Waals surface area contributed by atoms with Gasteiger partial charge in [0.05, 0.1) is 33.7 Å². The fraction of sp³-hybridized carbons (Fsp3) is 0.378. The predicted molar refractivity (Wildman–Crippen MR) is 233 cm³/mol. The number of hydrogen-bond acceptors (Lipinski definition) is 10. The van der Waals surface area contributed by atoms with Gasteiger partial charge in [-0.05, 0) is 91.0 Å². The van der Waals surface area contributed by atoms with Gasteiger partial charge in [0.1, 0.15) is 22.9 Å². The monoisotopic (exact) mass is 852 g/mol. The van der Waals surface area contributed by atoms with Crippen molar-refractivity contribution < 1.29 is 27.6 Å². The van der Waals surface area contributed by atoms with Gasteiger partial charge in [0.25, 0.3) is 21.6 Å². The minimum Gasteiger partial charge on any atom is -0.493 e. The van der Waals surface area contributed by atoms with E-state index >= 15 is 0 Å². The third kappa shape index (κ3) is 9.01. The Hall–Kier alpha value is -5.44. The SMILES string of the molecule is CCC[C@@H]1COc2cc(S(=O)(=O)NC(=O)c3ccc(N4CCN(CC5=C(c6ccc(Cl)cc6)CC(C)(C)CC5)CC4)cc3Oc3cnc4[nH]ccc4c3)cc([N+](=O)[O-])c2C1. The lowest BCUT2D eigenvalue weighted by Crippen LogP contribution is -2.47. The molecular formula is C45H49ClN6O7S. The van der Waals surface area contributed by atoms with Crippen LogP contribution in [-0.2, 0) is 16.4 Å². The molecule has 1 aliphatic carbocycles. The van der Waals surface area contributed by atoms with Crippen LogP contribution in [0.5, 0.6) is 17.2 Å². The number of nitro groups is 1. The molecule has 1 fully saturated rings. The molecule has 4 heterocycles. The number of pyridine rings is 1. The maximum Gasteiger partial charge on any atom is 0.277 e. The molecule has 13 nitrogen and oxygen atoms in total. The van der Waals surface area contributed by atoms with E-state index < -0.39 is 25.7 Å². The number of carbonyl (C=O) groups is 1. The summed E-state index contributed by atoms with van der Waals surface area (Å²) in [6.45, 7) is 11.0. The molecule has 5 aromatic rings. The molecule has 2 aliphatic heterocycles. The molecule has 0 bridgehead atoms. The number of hydrogen-bond donors (Lipinski definition) is 2. The number of sulfonamides is 1. The van der Waals surface area contributed by atoms with Crippen molar-refractivity contribution in [1.29, 1.82) is 0 Å². The molecule has 15 heteroatoms. The highest BCUT2D eigenvalue weighted by Gasteiger charge is 2.33. The lowest BCUT2D eigenvalue weighted by Gasteiger charge is -2.39. The molecule has 2 N–H and O–H groups in total. The van der Waals surface area contributed by atoms with Crippen LogP contribution in [0, 0.1) is 21.4 Å². The molecule has 0 unspecified atom stereocenters. The van der Waals surface area contributed by atoms with Crippen LogP contribution in [0.1, 0.15) is 74.4 Å². The summed E-state index contributed by atoms with van der Waals surface area (Å²) < 4.78 is 41.9. The highest BCUT2D eigenvalue weighted by molar-refractivity contribution is 7.90. The molecule has 2 aromatic heterocycles. The Kier molecular flexibility index (Phi) is 11.6. The summed E-state index contributed by atoms with van der Waals surface area (Å²) in [5, 5.41) is 13.7. The van der Waals surface area contributed by atoms with E-state index in [0.29, 0.717) is 30.0 Å². The van der Waals surface area contributed by atoms with Crippen LogP contribution in [0.2, 0.25) is 5.02 Å². The van der Waals surface area contributed by atoms with Gasteiger partial charge in [0, 0.05) is 73.2 Å². The predicted octanol–water partition coefficient (Wildman–Crippen LogP) is 9.17. The first kappa shape index (κ1) is 41.3. The summed E-state index contributed by atoms with van der Waals surface area (Å²) in [5.74, 6) is -0.259. The van der Waals surface area contributed by atoms with Crippen molar-refractivity contribution >= 4 is 55.5 Å².